The molecule has 3 aromatic heterocycles. The van der Waals surface area contributed by atoms with Gasteiger partial charge in [0.05, 0.1) is 17.6 Å². The van der Waals surface area contributed by atoms with E-state index in [2.05, 4.69) is 68.2 Å². The predicted molar refractivity (Wildman–Crippen MR) is 113 cm³/mol. The maximum absolute atomic E-state index is 4.68. The highest BCUT2D eigenvalue weighted by atomic mass is 32.1. The summed E-state index contributed by atoms with van der Waals surface area (Å²) in [5, 5.41) is 6.58. The van der Waals surface area contributed by atoms with Crippen LogP contribution in [-0.2, 0) is 19.4 Å². The summed E-state index contributed by atoms with van der Waals surface area (Å²) in [7, 11) is 0. The Balaban J connectivity index is 1.53. The number of anilines is 1. The van der Waals surface area contributed by atoms with Crippen molar-refractivity contribution < 1.29 is 0 Å². The molecule has 0 aliphatic heterocycles. The van der Waals surface area contributed by atoms with Crippen LogP contribution in [0.25, 0.3) is 5.69 Å². The van der Waals surface area contributed by atoms with Crippen LogP contribution in [0.5, 0.6) is 0 Å². The number of benzene rings is 1. The number of aryl methyl sites for hydroxylation is 1. The van der Waals surface area contributed by atoms with E-state index in [1.165, 1.54) is 16.9 Å². The fourth-order valence-corrected chi connectivity index (χ4v) is 3.57. The van der Waals surface area contributed by atoms with Crippen molar-refractivity contribution in [3.63, 3.8) is 0 Å². The standard InChI is InChI=1S/C22H22N5S/c1-2-18-8-9-22(23-12-18)26(11-10-20-16-28-17-24-20)14-19-13-25-27(15-19)21-6-4-3-5-7-21/h3-9,12-13,15-16H,2,10-11,14H2,1H3. The van der Waals surface area contributed by atoms with E-state index in [0.717, 1.165) is 48.7 Å². The summed E-state index contributed by atoms with van der Waals surface area (Å²) in [5.74, 6) is 0.976. The van der Waals surface area contributed by atoms with E-state index in [-0.39, 0.29) is 0 Å². The SMILES string of the molecule is CCc1ccc(N(CCc2cs[c]n2)Cc2cnn(-c3ccccc3)c2)nc1. The molecule has 1 aromatic carbocycles. The number of para-hydroxylation sites is 1. The lowest BCUT2D eigenvalue weighted by Crippen LogP contribution is -2.26. The highest BCUT2D eigenvalue weighted by Gasteiger charge is 2.12. The van der Waals surface area contributed by atoms with Gasteiger partial charge in [0.15, 0.2) is 5.51 Å². The summed E-state index contributed by atoms with van der Waals surface area (Å²) in [6, 6.07) is 14.4. The molecule has 0 saturated heterocycles. The lowest BCUT2D eigenvalue weighted by atomic mass is 10.2. The molecule has 28 heavy (non-hydrogen) atoms. The minimum absolute atomic E-state index is 0.749. The molecule has 0 N–H and O–H groups in total. The topological polar surface area (TPSA) is 46.8 Å². The van der Waals surface area contributed by atoms with Gasteiger partial charge in [0.2, 0.25) is 0 Å². The first kappa shape index (κ1) is 18.4. The Hall–Kier alpha value is -2.99. The zero-order chi connectivity index (χ0) is 19.2. The number of nitrogens with zero attached hydrogens (tertiary/aromatic N) is 5. The largest absolute Gasteiger partial charge is 0.352 e. The van der Waals surface area contributed by atoms with Crippen LogP contribution >= 0.6 is 11.3 Å². The van der Waals surface area contributed by atoms with Gasteiger partial charge < -0.3 is 4.90 Å². The van der Waals surface area contributed by atoms with E-state index < -0.39 is 0 Å². The minimum Gasteiger partial charge on any atom is -0.352 e. The highest BCUT2D eigenvalue weighted by Crippen LogP contribution is 2.17. The summed E-state index contributed by atoms with van der Waals surface area (Å²) < 4.78 is 1.91. The van der Waals surface area contributed by atoms with E-state index in [4.69, 9.17) is 0 Å². The zero-order valence-electron chi connectivity index (χ0n) is 15.8. The Kier molecular flexibility index (Phi) is 5.77. The van der Waals surface area contributed by atoms with Gasteiger partial charge in [-0.25, -0.2) is 14.6 Å². The second kappa shape index (κ2) is 8.80. The van der Waals surface area contributed by atoms with E-state index >= 15 is 0 Å². The number of hydrogen-bond acceptors (Lipinski definition) is 5. The van der Waals surface area contributed by atoms with E-state index in [1.807, 2.05) is 35.3 Å². The Morgan fingerprint density at radius 1 is 1.07 bits per heavy atom. The maximum atomic E-state index is 4.68. The minimum atomic E-state index is 0.749. The number of hydrogen-bond donors (Lipinski definition) is 0. The van der Waals surface area contributed by atoms with Crippen molar-refractivity contribution in [2.24, 2.45) is 0 Å². The first-order valence-corrected chi connectivity index (χ1v) is 10.3. The number of rotatable bonds is 8. The van der Waals surface area contributed by atoms with E-state index in [9.17, 15) is 0 Å². The first-order chi connectivity index (χ1) is 13.8. The third-order valence-corrected chi connectivity index (χ3v) is 5.23. The van der Waals surface area contributed by atoms with Crippen molar-refractivity contribution >= 4 is 17.2 Å². The summed E-state index contributed by atoms with van der Waals surface area (Å²) in [5.41, 5.74) is 7.45. The molecule has 0 amide bonds. The van der Waals surface area contributed by atoms with Crippen LogP contribution in [0.4, 0.5) is 5.82 Å². The Labute approximate surface area is 169 Å². The molecule has 0 aliphatic rings. The summed E-state index contributed by atoms with van der Waals surface area (Å²) >= 11 is 1.51. The molecule has 6 heteroatoms. The number of pyridine rings is 1. The molecule has 0 spiro atoms. The van der Waals surface area contributed by atoms with Gasteiger partial charge in [-0.1, -0.05) is 31.2 Å². The summed E-state index contributed by atoms with van der Waals surface area (Å²) in [6.45, 7) is 3.73. The molecule has 0 fully saturated rings. The fraction of sp³-hybridized carbons (Fsp3) is 0.227. The molecule has 1 radical (unpaired) electrons. The summed E-state index contributed by atoms with van der Waals surface area (Å²) in [6.07, 6.45) is 7.83. The third-order valence-electron chi connectivity index (χ3n) is 4.65. The number of thiazole rings is 1. The van der Waals surface area contributed by atoms with Crippen molar-refractivity contribution in [3.8, 4) is 5.69 Å². The highest BCUT2D eigenvalue weighted by molar-refractivity contribution is 7.07. The Morgan fingerprint density at radius 2 is 1.96 bits per heavy atom. The molecule has 0 aliphatic carbocycles. The maximum Gasteiger partial charge on any atom is 0.152 e. The third kappa shape index (κ3) is 4.46. The molecular formula is C22H22N5S. The predicted octanol–water partition coefficient (Wildman–Crippen LogP) is 4.34. The van der Waals surface area contributed by atoms with Crippen molar-refractivity contribution in [2.45, 2.75) is 26.3 Å². The smallest absolute Gasteiger partial charge is 0.152 e. The Bertz CT molecular complexity index is 977. The van der Waals surface area contributed by atoms with Crippen LogP contribution in [0.1, 0.15) is 23.7 Å². The van der Waals surface area contributed by atoms with Gasteiger partial charge in [-0.2, -0.15) is 5.10 Å². The molecule has 3 heterocycles. The van der Waals surface area contributed by atoms with Crippen LogP contribution in [0.15, 0.2) is 66.4 Å². The number of aromatic nitrogens is 4. The van der Waals surface area contributed by atoms with Crippen molar-refractivity contribution in [3.05, 3.63) is 88.8 Å². The van der Waals surface area contributed by atoms with Gasteiger partial charge in [-0.05, 0) is 30.2 Å². The Morgan fingerprint density at radius 3 is 2.68 bits per heavy atom. The zero-order valence-corrected chi connectivity index (χ0v) is 16.6. The average molecular weight is 389 g/mol. The van der Waals surface area contributed by atoms with Gasteiger partial charge in [-0.15, -0.1) is 11.3 Å². The molecule has 0 saturated carbocycles. The summed E-state index contributed by atoms with van der Waals surface area (Å²) in [4.78, 5) is 11.3. The lowest BCUT2D eigenvalue weighted by Gasteiger charge is -2.23. The van der Waals surface area contributed by atoms with Crippen LogP contribution in [0.3, 0.4) is 0 Å². The second-order valence-corrected chi connectivity index (χ2v) is 7.26. The van der Waals surface area contributed by atoms with Crippen molar-refractivity contribution in [1.82, 2.24) is 19.7 Å². The van der Waals surface area contributed by atoms with Gasteiger partial charge in [0.1, 0.15) is 5.82 Å². The molecule has 4 aromatic rings. The van der Waals surface area contributed by atoms with Crippen molar-refractivity contribution in [2.75, 3.05) is 11.4 Å². The molecule has 0 atom stereocenters. The monoisotopic (exact) mass is 388 g/mol. The molecule has 5 nitrogen and oxygen atoms in total. The van der Waals surface area contributed by atoms with E-state index in [1.54, 1.807) is 0 Å². The molecule has 0 bridgehead atoms. The molecule has 0 unspecified atom stereocenters. The van der Waals surface area contributed by atoms with Crippen LogP contribution in [0.2, 0.25) is 0 Å². The van der Waals surface area contributed by atoms with Crippen LogP contribution in [-0.4, -0.2) is 26.3 Å². The normalized spacial score (nSPS) is 10.9. The fourth-order valence-electron chi connectivity index (χ4n) is 3.04. The first-order valence-electron chi connectivity index (χ1n) is 9.41. The van der Waals surface area contributed by atoms with Crippen molar-refractivity contribution in [1.29, 1.82) is 0 Å². The van der Waals surface area contributed by atoms with Crippen LogP contribution < -0.4 is 4.90 Å². The molecular weight excluding hydrogens is 366 g/mol. The lowest BCUT2D eigenvalue weighted by molar-refractivity contribution is 0.759. The van der Waals surface area contributed by atoms with Gasteiger partial charge in [0.25, 0.3) is 0 Å². The van der Waals surface area contributed by atoms with E-state index in [0.29, 0.717) is 0 Å². The molecule has 4 rings (SSSR count). The molecule has 141 valence electrons. The van der Waals surface area contributed by atoms with Crippen LogP contribution in [0, 0.1) is 5.51 Å². The van der Waals surface area contributed by atoms with Gasteiger partial charge in [-0.3, -0.25) is 0 Å². The quantitative estimate of drug-likeness (QED) is 0.451. The van der Waals surface area contributed by atoms with Gasteiger partial charge >= 0.3 is 0 Å². The average Bonchev–Trinajstić information content (AvgIpc) is 3.44. The second-order valence-electron chi connectivity index (χ2n) is 6.61. The van der Waals surface area contributed by atoms with Gasteiger partial charge in [0, 0.05) is 42.8 Å².